The van der Waals surface area contributed by atoms with Gasteiger partial charge in [0.1, 0.15) is 0 Å². The van der Waals surface area contributed by atoms with E-state index in [2.05, 4.69) is 27.2 Å². The summed E-state index contributed by atoms with van der Waals surface area (Å²) in [5.41, 5.74) is 1.11. The van der Waals surface area contributed by atoms with Crippen LogP contribution in [0.4, 0.5) is 0 Å². The zero-order valence-corrected chi connectivity index (χ0v) is 11.2. The summed E-state index contributed by atoms with van der Waals surface area (Å²) in [6.07, 6.45) is 2.40. The first kappa shape index (κ1) is 13.4. The highest BCUT2D eigenvalue weighted by atomic mass is 79.9. The largest absolute Gasteiger partial charge is 0.240 e. The van der Waals surface area contributed by atoms with Gasteiger partial charge in [-0.2, -0.15) is 0 Å². The van der Waals surface area contributed by atoms with Crippen LogP contribution < -0.4 is 4.72 Å². The molecular weight excluding hydrogens is 290 g/mol. The molecule has 0 aliphatic rings. The monoisotopic (exact) mass is 303 g/mol. The third kappa shape index (κ3) is 3.73. The first-order valence-corrected chi connectivity index (χ1v) is 7.46. The van der Waals surface area contributed by atoms with Crippen molar-refractivity contribution in [3.05, 3.63) is 42.5 Å². The van der Waals surface area contributed by atoms with E-state index in [9.17, 15) is 8.42 Å². The van der Waals surface area contributed by atoms with Crippen LogP contribution in [-0.2, 0) is 16.4 Å². The number of alkyl halides is 1. The van der Waals surface area contributed by atoms with Gasteiger partial charge < -0.3 is 0 Å². The Bertz CT molecular complexity index is 440. The van der Waals surface area contributed by atoms with Crippen molar-refractivity contribution in [2.45, 2.75) is 11.3 Å². The van der Waals surface area contributed by atoms with Gasteiger partial charge in [0.05, 0.1) is 4.90 Å². The molecule has 1 aromatic rings. The number of halogens is 1. The van der Waals surface area contributed by atoms with Crippen LogP contribution >= 0.6 is 15.9 Å². The van der Waals surface area contributed by atoms with Gasteiger partial charge >= 0.3 is 0 Å². The molecule has 5 heteroatoms. The normalized spacial score (nSPS) is 11.3. The van der Waals surface area contributed by atoms with Crippen molar-refractivity contribution in [3.8, 4) is 0 Å². The molecule has 0 heterocycles. The third-order valence-electron chi connectivity index (χ3n) is 2.03. The van der Waals surface area contributed by atoms with E-state index >= 15 is 0 Å². The average molecular weight is 304 g/mol. The number of nitrogens with one attached hydrogen (secondary N) is 1. The molecule has 0 fully saturated rings. The van der Waals surface area contributed by atoms with E-state index in [1.54, 1.807) is 12.1 Å². The fourth-order valence-corrected chi connectivity index (χ4v) is 2.65. The quantitative estimate of drug-likeness (QED) is 0.646. The molecule has 0 saturated carbocycles. The number of sulfonamides is 1. The van der Waals surface area contributed by atoms with Gasteiger partial charge in [0.15, 0.2) is 0 Å². The van der Waals surface area contributed by atoms with Crippen LogP contribution in [0.1, 0.15) is 5.56 Å². The molecular formula is C11H14BrNO2S. The molecule has 0 aromatic heterocycles. The second-order valence-electron chi connectivity index (χ2n) is 3.22. The fourth-order valence-electron chi connectivity index (χ4n) is 1.20. The Morgan fingerprint density at radius 3 is 2.44 bits per heavy atom. The summed E-state index contributed by atoms with van der Waals surface area (Å²) >= 11 is 3.34. The lowest BCUT2D eigenvalue weighted by Gasteiger charge is -2.05. The van der Waals surface area contributed by atoms with Gasteiger partial charge in [-0.1, -0.05) is 34.1 Å². The topological polar surface area (TPSA) is 46.2 Å². The molecule has 0 amide bonds. The summed E-state index contributed by atoms with van der Waals surface area (Å²) in [5.74, 6) is 0. The zero-order chi connectivity index (χ0) is 12.0. The van der Waals surface area contributed by atoms with Gasteiger partial charge in [-0.25, -0.2) is 13.1 Å². The Morgan fingerprint density at radius 1 is 1.31 bits per heavy atom. The fraction of sp³-hybridized carbons (Fsp3) is 0.273. The number of hydrogen-bond acceptors (Lipinski definition) is 2. The minimum Gasteiger partial charge on any atom is -0.207 e. The van der Waals surface area contributed by atoms with Crippen molar-refractivity contribution >= 4 is 26.0 Å². The van der Waals surface area contributed by atoms with E-state index in [1.165, 1.54) is 6.08 Å². The lowest BCUT2D eigenvalue weighted by Crippen LogP contribution is -2.23. The van der Waals surface area contributed by atoms with E-state index in [0.29, 0.717) is 0 Å². The van der Waals surface area contributed by atoms with Crippen molar-refractivity contribution in [1.29, 1.82) is 0 Å². The maximum absolute atomic E-state index is 11.7. The summed E-state index contributed by atoms with van der Waals surface area (Å²) in [5, 5.41) is 0.869. The van der Waals surface area contributed by atoms with Crippen LogP contribution in [0.2, 0.25) is 0 Å². The van der Waals surface area contributed by atoms with Crippen LogP contribution in [0, 0.1) is 0 Å². The molecule has 0 aliphatic carbocycles. The van der Waals surface area contributed by atoms with Gasteiger partial charge in [-0.05, 0) is 24.1 Å². The Labute approximate surface area is 105 Å². The van der Waals surface area contributed by atoms with Crippen LogP contribution in [0.5, 0.6) is 0 Å². The standard InChI is InChI=1S/C11H14BrNO2S/c1-2-9-13-16(14,15)11-5-3-10(4-6-11)7-8-12/h2-6,13H,1,7-9H2. The molecule has 1 aromatic carbocycles. The van der Waals surface area contributed by atoms with Crippen LogP contribution in [-0.4, -0.2) is 20.3 Å². The molecule has 0 saturated heterocycles. The number of rotatable bonds is 6. The molecule has 0 atom stereocenters. The Hall–Kier alpha value is -0.650. The smallest absolute Gasteiger partial charge is 0.207 e. The highest BCUT2D eigenvalue weighted by Crippen LogP contribution is 2.11. The van der Waals surface area contributed by atoms with Gasteiger partial charge in [0.2, 0.25) is 10.0 Å². The van der Waals surface area contributed by atoms with E-state index in [4.69, 9.17) is 0 Å². The Kier molecular flexibility index (Phi) is 5.18. The van der Waals surface area contributed by atoms with Crippen LogP contribution in [0.15, 0.2) is 41.8 Å². The van der Waals surface area contributed by atoms with Gasteiger partial charge in [0, 0.05) is 11.9 Å². The van der Waals surface area contributed by atoms with Crippen molar-refractivity contribution in [3.63, 3.8) is 0 Å². The summed E-state index contributed by atoms with van der Waals surface area (Å²) in [6.45, 7) is 3.71. The first-order chi connectivity index (χ1) is 7.60. The van der Waals surface area contributed by atoms with Crippen molar-refractivity contribution in [1.82, 2.24) is 4.72 Å². The van der Waals surface area contributed by atoms with Crippen LogP contribution in [0.25, 0.3) is 0 Å². The first-order valence-electron chi connectivity index (χ1n) is 4.85. The Morgan fingerprint density at radius 2 is 1.94 bits per heavy atom. The highest BCUT2D eigenvalue weighted by Gasteiger charge is 2.11. The molecule has 0 bridgehead atoms. The van der Waals surface area contributed by atoms with E-state index in [1.807, 2.05) is 12.1 Å². The number of aryl methyl sites for hydroxylation is 1. The van der Waals surface area contributed by atoms with Gasteiger partial charge in [-0.3, -0.25) is 0 Å². The van der Waals surface area contributed by atoms with E-state index < -0.39 is 10.0 Å². The summed E-state index contributed by atoms with van der Waals surface area (Å²) in [6, 6.07) is 6.88. The molecule has 0 radical (unpaired) electrons. The lowest BCUT2D eigenvalue weighted by atomic mass is 10.2. The molecule has 1 N–H and O–H groups in total. The maximum atomic E-state index is 11.7. The molecule has 16 heavy (non-hydrogen) atoms. The predicted octanol–water partition coefficient (Wildman–Crippen LogP) is 2.09. The highest BCUT2D eigenvalue weighted by molar-refractivity contribution is 9.09. The number of hydrogen-bond donors (Lipinski definition) is 1. The van der Waals surface area contributed by atoms with Gasteiger partial charge in [-0.15, -0.1) is 6.58 Å². The minimum absolute atomic E-state index is 0.242. The van der Waals surface area contributed by atoms with E-state index in [-0.39, 0.29) is 11.4 Å². The van der Waals surface area contributed by atoms with Crippen molar-refractivity contribution < 1.29 is 8.42 Å². The van der Waals surface area contributed by atoms with Crippen molar-refractivity contribution in [2.24, 2.45) is 0 Å². The number of benzene rings is 1. The second-order valence-corrected chi connectivity index (χ2v) is 5.78. The summed E-state index contributed by atoms with van der Waals surface area (Å²) in [7, 11) is -3.39. The minimum atomic E-state index is -3.39. The molecule has 88 valence electrons. The molecule has 3 nitrogen and oxygen atoms in total. The molecule has 0 unspecified atom stereocenters. The maximum Gasteiger partial charge on any atom is 0.240 e. The molecule has 0 spiro atoms. The summed E-state index contributed by atoms with van der Waals surface area (Å²) < 4.78 is 25.8. The van der Waals surface area contributed by atoms with Gasteiger partial charge in [0.25, 0.3) is 0 Å². The van der Waals surface area contributed by atoms with E-state index in [0.717, 1.165) is 17.3 Å². The third-order valence-corrected chi connectivity index (χ3v) is 3.87. The Balaban J connectivity index is 2.84. The predicted molar refractivity (Wildman–Crippen MR) is 69.3 cm³/mol. The van der Waals surface area contributed by atoms with Crippen molar-refractivity contribution in [2.75, 3.05) is 11.9 Å². The second kappa shape index (κ2) is 6.18. The summed E-state index contributed by atoms with van der Waals surface area (Å²) in [4.78, 5) is 0.285. The molecule has 0 aliphatic heterocycles. The van der Waals surface area contributed by atoms with Crippen LogP contribution in [0.3, 0.4) is 0 Å². The SMILES string of the molecule is C=CCNS(=O)(=O)c1ccc(CCBr)cc1. The average Bonchev–Trinajstić information content (AvgIpc) is 2.28. The lowest BCUT2D eigenvalue weighted by molar-refractivity contribution is 0.585. The molecule has 1 rings (SSSR count). The zero-order valence-electron chi connectivity index (χ0n) is 8.82.